The van der Waals surface area contributed by atoms with Gasteiger partial charge in [0.2, 0.25) is 5.91 Å². The quantitative estimate of drug-likeness (QED) is 0.610. The Balaban J connectivity index is 1.64. The predicted molar refractivity (Wildman–Crippen MR) is 121 cm³/mol. The number of nitrogens with one attached hydrogen (secondary N) is 2. The summed E-state index contributed by atoms with van der Waals surface area (Å²) in [4.78, 5) is 30.5. The molecule has 2 aromatic rings. The second-order valence-electron chi connectivity index (χ2n) is 8.93. The fourth-order valence-corrected chi connectivity index (χ4v) is 4.85. The molecule has 2 amide bonds. The number of amides is 2. The molecule has 1 saturated carbocycles. The van der Waals surface area contributed by atoms with Gasteiger partial charge in [0.05, 0.1) is 16.6 Å². The number of rotatable bonds is 8. The zero-order valence-corrected chi connectivity index (χ0v) is 18.7. The number of nitrogens with zero attached hydrogens (tertiary/aromatic N) is 2. The molecule has 2 N–H and O–H groups in total. The van der Waals surface area contributed by atoms with Crippen LogP contribution in [0.5, 0.6) is 0 Å². The van der Waals surface area contributed by atoms with E-state index in [2.05, 4.69) is 17.6 Å². The molecular weight excluding hydrogens is 392 g/mol. The predicted octanol–water partition coefficient (Wildman–Crippen LogP) is 4.47. The molecule has 1 aromatic carbocycles. The van der Waals surface area contributed by atoms with Crippen molar-refractivity contribution >= 4 is 28.5 Å². The van der Waals surface area contributed by atoms with Gasteiger partial charge in [-0.25, -0.2) is 4.98 Å². The van der Waals surface area contributed by atoms with Gasteiger partial charge in [0.25, 0.3) is 5.91 Å². The molecule has 2 aliphatic rings. The standard InChI is InChI=1S/C24H34N4O3/c1-3-4-11-25-24(30)18-14-17(26-21(29)13-16-8-5-6-9-16)15-19-22(18)28(2)23(27-19)20-10-7-12-31-20/h14-16,20H,3-13H2,1-2H3,(H,25,30)(H,26,29). The summed E-state index contributed by atoms with van der Waals surface area (Å²) >= 11 is 0. The summed E-state index contributed by atoms with van der Waals surface area (Å²) in [7, 11) is 1.94. The summed E-state index contributed by atoms with van der Waals surface area (Å²) in [5, 5.41) is 6.04. The van der Waals surface area contributed by atoms with Crippen LogP contribution in [0.1, 0.15) is 87.0 Å². The van der Waals surface area contributed by atoms with Crippen LogP contribution < -0.4 is 10.6 Å². The number of aryl methyl sites for hydroxylation is 1. The van der Waals surface area contributed by atoms with E-state index in [1.165, 1.54) is 12.8 Å². The normalized spacial score (nSPS) is 19.2. The molecule has 2 fully saturated rings. The van der Waals surface area contributed by atoms with Crippen LogP contribution >= 0.6 is 0 Å². The highest BCUT2D eigenvalue weighted by Crippen LogP contribution is 2.33. The van der Waals surface area contributed by atoms with E-state index < -0.39 is 0 Å². The zero-order chi connectivity index (χ0) is 21.8. The van der Waals surface area contributed by atoms with E-state index in [0.717, 1.165) is 56.5 Å². The molecule has 1 unspecified atom stereocenters. The van der Waals surface area contributed by atoms with Gasteiger partial charge >= 0.3 is 0 Å². The van der Waals surface area contributed by atoms with Crippen molar-refractivity contribution in [3.63, 3.8) is 0 Å². The van der Waals surface area contributed by atoms with Crippen LogP contribution in [0.4, 0.5) is 5.69 Å². The van der Waals surface area contributed by atoms with Crippen LogP contribution in [0.15, 0.2) is 12.1 Å². The van der Waals surface area contributed by atoms with Crippen molar-refractivity contribution in [3.05, 3.63) is 23.5 Å². The molecule has 7 nitrogen and oxygen atoms in total. The maximum absolute atomic E-state index is 13.0. The fourth-order valence-electron chi connectivity index (χ4n) is 4.85. The highest BCUT2D eigenvalue weighted by atomic mass is 16.5. The summed E-state index contributed by atoms with van der Waals surface area (Å²) in [5.41, 5.74) is 2.68. The summed E-state index contributed by atoms with van der Waals surface area (Å²) < 4.78 is 7.82. The van der Waals surface area contributed by atoms with Gasteiger partial charge in [0.1, 0.15) is 11.9 Å². The van der Waals surface area contributed by atoms with Crippen molar-refractivity contribution in [2.75, 3.05) is 18.5 Å². The third-order valence-corrected chi connectivity index (χ3v) is 6.51. The Bertz CT molecular complexity index is 940. The number of benzene rings is 1. The van der Waals surface area contributed by atoms with E-state index in [1.54, 1.807) is 6.07 Å². The van der Waals surface area contributed by atoms with E-state index >= 15 is 0 Å². The number of hydrogen-bond donors (Lipinski definition) is 2. The highest BCUT2D eigenvalue weighted by molar-refractivity contribution is 6.07. The molecule has 1 aliphatic heterocycles. The topological polar surface area (TPSA) is 85.2 Å². The fraction of sp³-hybridized carbons (Fsp3) is 0.625. The van der Waals surface area contributed by atoms with Gasteiger partial charge in [-0.05, 0) is 50.2 Å². The first-order valence-electron chi connectivity index (χ1n) is 11.8. The van der Waals surface area contributed by atoms with Crippen LogP contribution in [-0.4, -0.2) is 34.5 Å². The average molecular weight is 427 g/mol. The monoisotopic (exact) mass is 426 g/mol. The molecule has 2 heterocycles. The van der Waals surface area contributed by atoms with Crippen LogP contribution in [0, 0.1) is 5.92 Å². The van der Waals surface area contributed by atoms with E-state index in [9.17, 15) is 9.59 Å². The number of hydrogen-bond acceptors (Lipinski definition) is 4. The van der Waals surface area contributed by atoms with Gasteiger partial charge in [-0.2, -0.15) is 0 Å². The smallest absolute Gasteiger partial charge is 0.253 e. The lowest BCUT2D eigenvalue weighted by atomic mass is 10.0. The SMILES string of the molecule is CCCCNC(=O)c1cc(NC(=O)CC2CCCC2)cc2nc(C3CCCO3)n(C)c12. The van der Waals surface area contributed by atoms with E-state index in [4.69, 9.17) is 9.72 Å². The number of imidazole rings is 1. The molecule has 1 aromatic heterocycles. The van der Waals surface area contributed by atoms with Crippen molar-refractivity contribution < 1.29 is 14.3 Å². The van der Waals surface area contributed by atoms with Gasteiger partial charge in [0, 0.05) is 32.3 Å². The minimum atomic E-state index is -0.132. The molecule has 0 radical (unpaired) electrons. The molecule has 7 heteroatoms. The largest absolute Gasteiger partial charge is 0.370 e. The number of carbonyl (C=O) groups excluding carboxylic acids is 2. The van der Waals surface area contributed by atoms with Crippen LogP contribution in [-0.2, 0) is 16.6 Å². The van der Waals surface area contributed by atoms with Crippen molar-refractivity contribution in [2.45, 2.75) is 70.8 Å². The van der Waals surface area contributed by atoms with Crippen molar-refractivity contribution in [1.82, 2.24) is 14.9 Å². The molecular formula is C24H34N4O3. The summed E-state index contributed by atoms with van der Waals surface area (Å²) in [6.07, 6.45) is 9.07. The Hall–Kier alpha value is -2.41. The van der Waals surface area contributed by atoms with Gasteiger partial charge in [0.15, 0.2) is 0 Å². The number of unbranched alkanes of at least 4 members (excludes halogenated alkanes) is 1. The van der Waals surface area contributed by atoms with Gasteiger partial charge in [-0.15, -0.1) is 0 Å². The number of aromatic nitrogens is 2. The lowest BCUT2D eigenvalue weighted by Crippen LogP contribution is -2.25. The summed E-state index contributed by atoms with van der Waals surface area (Å²) in [6.45, 7) is 3.46. The van der Waals surface area contributed by atoms with Crippen LogP contribution in [0.3, 0.4) is 0 Å². The second kappa shape index (κ2) is 9.81. The molecule has 1 atom stereocenters. The van der Waals surface area contributed by atoms with Gasteiger partial charge < -0.3 is 19.9 Å². The van der Waals surface area contributed by atoms with Crippen molar-refractivity contribution in [3.8, 4) is 0 Å². The zero-order valence-electron chi connectivity index (χ0n) is 18.7. The lowest BCUT2D eigenvalue weighted by Gasteiger charge is -2.13. The van der Waals surface area contributed by atoms with Crippen molar-refractivity contribution in [2.24, 2.45) is 13.0 Å². The first-order chi connectivity index (χ1) is 15.1. The third-order valence-electron chi connectivity index (χ3n) is 6.51. The summed E-state index contributed by atoms with van der Waals surface area (Å²) in [6, 6.07) is 3.67. The second-order valence-corrected chi connectivity index (χ2v) is 8.93. The number of ether oxygens (including phenoxy) is 1. The van der Waals surface area contributed by atoms with E-state index in [0.29, 0.717) is 35.7 Å². The molecule has 0 bridgehead atoms. The first kappa shape index (κ1) is 21.8. The third kappa shape index (κ3) is 4.92. The summed E-state index contributed by atoms with van der Waals surface area (Å²) in [5.74, 6) is 1.19. The Morgan fingerprint density at radius 3 is 2.71 bits per heavy atom. The number of carbonyl (C=O) groups is 2. The molecule has 1 saturated heterocycles. The number of anilines is 1. The molecule has 4 rings (SSSR count). The Kier molecular flexibility index (Phi) is 6.90. The minimum Gasteiger partial charge on any atom is -0.370 e. The van der Waals surface area contributed by atoms with E-state index in [1.807, 2.05) is 17.7 Å². The van der Waals surface area contributed by atoms with E-state index in [-0.39, 0.29) is 17.9 Å². The van der Waals surface area contributed by atoms with Gasteiger partial charge in [-0.1, -0.05) is 26.2 Å². The van der Waals surface area contributed by atoms with Gasteiger partial charge in [-0.3, -0.25) is 9.59 Å². The maximum Gasteiger partial charge on any atom is 0.253 e. The number of fused-ring (bicyclic) bond motifs is 1. The minimum absolute atomic E-state index is 0.0128. The molecule has 0 spiro atoms. The Morgan fingerprint density at radius 2 is 2.00 bits per heavy atom. The molecule has 31 heavy (non-hydrogen) atoms. The maximum atomic E-state index is 13.0. The lowest BCUT2D eigenvalue weighted by molar-refractivity contribution is -0.117. The molecule has 168 valence electrons. The van der Waals surface area contributed by atoms with Crippen LogP contribution in [0.25, 0.3) is 11.0 Å². The average Bonchev–Trinajstić information content (AvgIpc) is 3.49. The highest BCUT2D eigenvalue weighted by Gasteiger charge is 2.26. The van der Waals surface area contributed by atoms with Crippen LogP contribution in [0.2, 0.25) is 0 Å². The Labute approximate surface area is 183 Å². The molecule has 1 aliphatic carbocycles. The Morgan fingerprint density at radius 1 is 1.19 bits per heavy atom. The van der Waals surface area contributed by atoms with Crippen molar-refractivity contribution in [1.29, 1.82) is 0 Å². The first-order valence-corrected chi connectivity index (χ1v) is 11.8.